The molecule has 1 atom stereocenters. The van der Waals surface area contributed by atoms with Gasteiger partial charge in [0, 0.05) is 29.4 Å². The smallest absolute Gasteiger partial charge is 0.477 e. The Kier molecular flexibility index (Phi) is 8.83. The van der Waals surface area contributed by atoms with E-state index in [0.29, 0.717) is 34.5 Å². The largest absolute Gasteiger partial charge is 0.506 e. The van der Waals surface area contributed by atoms with Gasteiger partial charge in [-0.1, -0.05) is 29.8 Å². The molecule has 5 N–H and O–H groups in total. The van der Waals surface area contributed by atoms with Gasteiger partial charge in [0.1, 0.15) is 17.3 Å². The summed E-state index contributed by atoms with van der Waals surface area (Å²) < 4.78 is 47.5. The van der Waals surface area contributed by atoms with Crippen molar-refractivity contribution in [1.82, 2.24) is 4.31 Å². The van der Waals surface area contributed by atoms with Crippen LogP contribution in [0.3, 0.4) is 0 Å². The molecule has 0 amide bonds. The Hall–Kier alpha value is -3.39. The summed E-state index contributed by atoms with van der Waals surface area (Å²) in [4.78, 5) is 22.7. The van der Waals surface area contributed by atoms with Crippen molar-refractivity contribution in [2.75, 3.05) is 17.6 Å². The van der Waals surface area contributed by atoms with Crippen LogP contribution >= 0.6 is 22.9 Å². The fraction of sp³-hybridized carbons (Fsp3) is 0.333. The summed E-state index contributed by atoms with van der Waals surface area (Å²) in [5, 5.41) is 21.6. The number of benzene rings is 2. The Bertz CT molecular complexity index is 1590. The molecule has 0 bridgehead atoms. The molecule has 3 aromatic rings. The van der Waals surface area contributed by atoms with Crippen LogP contribution in [0.25, 0.3) is 10.4 Å². The molecule has 4 rings (SSSR count). The van der Waals surface area contributed by atoms with Crippen LogP contribution < -0.4 is 11.1 Å². The number of carbonyl (C=O) groups is 2. The normalized spacial score (nSPS) is 17.2. The third-order valence-electron chi connectivity index (χ3n) is 6.80. The molecule has 10 nitrogen and oxygen atoms in total. The molecule has 220 valence electrons. The Balaban J connectivity index is 1.54. The number of aromatic carboxylic acids is 1. The van der Waals surface area contributed by atoms with Crippen molar-refractivity contribution in [2.45, 2.75) is 50.6 Å². The minimum absolute atomic E-state index is 0.00558. The first kappa shape index (κ1) is 30.6. The second-order valence-corrected chi connectivity index (χ2v) is 13.6. The van der Waals surface area contributed by atoms with Crippen molar-refractivity contribution in [3.05, 3.63) is 69.3 Å². The van der Waals surface area contributed by atoms with Gasteiger partial charge in [-0.15, -0.1) is 11.3 Å². The molecule has 41 heavy (non-hydrogen) atoms. The number of carboxylic acid groups (broad SMARTS) is 2. The van der Waals surface area contributed by atoms with E-state index >= 15 is 0 Å². The minimum Gasteiger partial charge on any atom is -0.477 e. The van der Waals surface area contributed by atoms with Crippen molar-refractivity contribution in [2.24, 2.45) is 0 Å². The molecule has 1 aliphatic heterocycles. The van der Waals surface area contributed by atoms with E-state index in [1.54, 1.807) is 24.3 Å². The van der Waals surface area contributed by atoms with Gasteiger partial charge in [0.2, 0.25) is 10.0 Å². The lowest BCUT2D eigenvalue weighted by Crippen LogP contribution is -2.55. The lowest BCUT2D eigenvalue weighted by molar-refractivity contribution is 0.0684. The van der Waals surface area contributed by atoms with Crippen LogP contribution in [0.5, 0.6) is 0 Å². The minimum atomic E-state index is -3.66. The second-order valence-electron chi connectivity index (χ2n) is 10.3. The highest BCUT2D eigenvalue weighted by molar-refractivity contribution is 7.88. The van der Waals surface area contributed by atoms with E-state index in [4.69, 9.17) is 22.4 Å². The van der Waals surface area contributed by atoms with E-state index in [9.17, 15) is 27.5 Å². The summed E-state index contributed by atoms with van der Waals surface area (Å²) in [6.07, 6.45) is -0.764. The fourth-order valence-corrected chi connectivity index (χ4v) is 8.49. The van der Waals surface area contributed by atoms with Crippen LogP contribution in [0.1, 0.15) is 47.5 Å². The zero-order chi connectivity index (χ0) is 30.1. The fourth-order valence-electron chi connectivity index (χ4n) is 5.06. The van der Waals surface area contributed by atoms with Gasteiger partial charge in [0.05, 0.1) is 21.3 Å². The number of thiophene rings is 1. The van der Waals surface area contributed by atoms with Crippen molar-refractivity contribution in [3.8, 4) is 10.4 Å². The molecule has 1 fully saturated rings. The van der Waals surface area contributed by atoms with Gasteiger partial charge in [0.25, 0.3) is 0 Å². The van der Waals surface area contributed by atoms with E-state index in [0.717, 1.165) is 11.3 Å². The van der Waals surface area contributed by atoms with E-state index in [-0.39, 0.29) is 39.5 Å². The molecule has 0 spiro atoms. The Morgan fingerprint density at radius 3 is 2.61 bits per heavy atom. The predicted molar refractivity (Wildman–Crippen MR) is 155 cm³/mol. The summed E-state index contributed by atoms with van der Waals surface area (Å²) >= 11 is 7.26. The monoisotopic (exact) mass is 625 g/mol. The number of nitrogens with one attached hydrogen (secondary N) is 1. The van der Waals surface area contributed by atoms with Gasteiger partial charge in [-0.25, -0.2) is 22.4 Å². The zero-order valence-electron chi connectivity index (χ0n) is 22.2. The number of anilines is 2. The van der Waals surface area contributed by atoms with E-state index in [1.165, 1.54) is 22.5 Å². The summed E-state index contributed by atoms with van der Waals surface area (Å²) in [6, 6.07) is 10.6. The summed E-state index contributed by atoms with van der Waals surface area (Å²) in [6.45, 7) is 3.32. The number of piperidine rings is 1. The van der Waals surface area contributed by atoms with Crippen LogP contribution in [0.15, 0.2) is 42.5 Å². The average Bonchev–Trinajstić information content (AvgIpc) is 3.19. The number of rotatable bonds is 9. The van der Waals surface area contributed by atoms with Crippen LogP contribution in [-0.4, -0.2) is 53.2 Å². The first-order valence-electron chi connectivity index (χ1n) is 12.5. The zero-order valence-corrected chi connectivity index (χ0v) is 24.6. The third kappa shape index (κ3) is 6.92. The van der Waals surface area contributed by atoms with E-state index in [1.807, 2.05) is 13.8 Å². The van der Waals surface area contributed by atoms with Gasteiger partial charge in [-0.3, -0.25) is 0 Å². The number of sulfonamides is 1. The molecule has 2 heterocycles. The number of carboxylic acids is 1. The molecule has 0 saturated carbocycles. The van der Waals surface area contributed by atoms with Crippen molar-refractivity contribution >= 4 is 56.5 Å². The molecular formula is C27H29ClFN3O7S2. The quantitative estimate of drug-likeness (QED) is 0.168. The third-order valence-corrected chi connectivity index (χ3v) is 10.6. The van der Waals surface area contributed by atoms with Crippen molar-refractivity contribution in [1.29, 1.82) is 0 Å². The highest BCUT2D eigenvalue weighted by Crippen LogP contribution is 2.42. The van der Waals surface area contributed by atoms with Crippen LogP contribution in [0.2, 0.25) is 5.02 Å². The number of hydrogen-bond donors (Lipinski definition) is 4. The molecule has 0 unspecified atom stereocenters. The maximum Gasteiger partial charge on any atom is 0.506 e. The summed E-state index contributed by atoms with van der Waals surface area (Å²) in [5.41, 5.74) is 6.69. The van der Waals surface area contributed by atoms with Gasteiger partial charge in [-0.2, -0.15) is 4.31 Å². The Morgan fingerprint density at radius 2 is 1.98 bits per heavy atom. The maximum atomic E-state index is 14.9. The molecule has 0 aliphatic carbocycles. The summed E-state index contributed by atoms with van der Waals surface area (Å²) in [7, 11) is -3.66. The highest BCUT2D eigenvalue weighted by Gasteiger charge is 2.41. The predicted octanol–water partition coefficient (Wildman–Crippen LogP) is 5.87. The number of halogens is 2. The van der Waals surface area contributed by atoms with Crippen LogP contribution in [0.4, 0.5) is 20.6 Å². The molecule has 1 aromatic heterocycles. The second kappa shape index (κ2) is 11.8. The maximum absolute atomic E-state index is 14.9. The SMILES string of the molecule is CC1(C)C[C@H](Nc2cc(-c3sc(C(=O)O)c(COC(=O)O)c3Cl)ccc2F)CCN1S(=O)(=O)Cc1cccc(N)c1. The molecule has 1 saturated heterocycles. The van der Waals surface area contributed by atoms with E-state index < -0.39 is 40.1 Å². The number of nitrogen functional groups attached to an aromatic ring is 1. The standard InChI is InChI=1S/C27H29ClFN3O7S2/c1-27(2)12-18(8-9-32(27)41(37,38)14-15-4-3-5-17(30)10-15)31-21-11-16(6-7-20(21)29)23-22(28)19(13-39-26(35)36)24(40-23)25(33)34/h3-7,10-11,18,31H,8-9,12-14,30H2,1-2H3,(H,33,34)(H,35,36)/t18-/m1/s1. The van der Waals surface area contributed by atoms with Crippen molar-refractivity contribution in [3.63, 3.8) is 0 Å². The van der Waals surface area contributed by atoms with Crippen LogP contribution in [-0.2, 0) is 27.1 Å². The molecule has 0 radical (unpaired) electrons. The first-order valence-corrected chi connectivity index (χ1v) is 15.3. The average molecular weight is 626 g/mol. The van der Waals surface area contributed by atoms with Crippen molar-refractivity contribution < 1.29 is 37.3 Å². The molecule has 14 heteroatoms. The van der Waals surface area contributed by atoms with Gasteiger partial charge >= 0.3 is 12.1 Å². The number of nitrogens with zero attached hydrogens (tertiary/aromatic N) is 1. The van der Waals surface area contributed by atoms with E-state index in [2.05, 4.69) is 10.1 Å². The highest BCUT2D eigenvalue weighted by atomic mass is 35.5. The van der Waals surface area contributed by atoms with Crippen LogP contribution in [0, 0.1) is 5.82 Å². The lowest BCUT2D eigenvalue weighted by Gasteiger charge is -2.45. The number of hydrogen-bond acceptors (Lipinski definition) is 8. The molecule has 1 aliphatic rings. The summed E-state index contributed by atoms with van der Waals surface area (Å²) in [5.74, 6) is -2.04. The van der Waals surface area contributed by atoms with Gasteiger partial charge in [-0.05, 0) is 62.1 Å². The lowest BCUT2D eigenvalue weighted by atomic mass is 9.89. The number of ether oxygens (including phenoxy) is 1. The Labute approximate surface area is 245 Å². The Morgan fingerprint density at radius 1 is 1.24 bits per heavy atom. The molecule has 2 aromatic carbocycles. The number of nitrogens with two attached hydrogens (primary N) is 1. The topological polar surface area (TPSA) is 159 Å². The van der Waals surface area contributed by atoms with Gasteiger partial charge in [0.15, 0.2) is 0 Å². The van der Waals surface area contributed by atoms with Gasteiger partial charge < -0.3 is 26.0 Å². The molecular weight excluding hydrogens is 597 g/mol. The first-order chi connectivity index (χ1) is 19.2.